The van der Waals surface area contributed by atoms with E-state index in [-0.39, 0.29) is 17.8 Å². The summed E-state index contributed by atoms with van der Waals surface area (Å²) >= 11 is 0. The summed E-state index contributed by atoms with van der Waals surface area (Å²) < 4.78 is 0. The van der Waals surface area contributed by atoms with Crippen molar-refractivity contribution in [3.8, 4) is 19.0 Å². The molecule has 0 bridgehead atoms. The van der Waals surface area contributed by atoms with Crippen molar-refractivity contribution in [2.24, 2.45) is 10.7 Å². The Kier molecular flexibility index (Phi) is 12.5. The van der Waals surface area contributed by atoms with Crippen LogP contribution in [0.15, 0.2) is 29.5 Å². The molecule has 166 valence electrons. The Morgan fingerprint density at radius 3 is 2.58 bits per heavy atom. The number of carbonyl (C=O) groups excluding carboxylic acids is 2. The molecule has 3 N–H and O–H groups in total. The minimum Gasteiger partial charge on any atom is -0.369 e. The third kappa shape index (κ3) is 10.1. The zero-order valence-electron chi connectivity index (χ0n) is 17.9. The molecule has 1 aromatic rings. The monoisotopic (exact) mass is 425 g/mol. The van der Waals surface area contributed by atoms with Crippen LogP contribution in [0.2, 0.25) is 0 Å². The van der Waals surface area contributed by atoms with E-state index in [4.69, 9.17) is 11.0 Å². The van der Waals surface area contributed by atoms with Gasteiger partial charge >= 0.3 is 0 Å². The predicted octanol–water partition coefficient (Wildman–Crippen LogP) is 1.23. The van der Waals surface area contributed by atoms with Gasteiger partial charge in [0.25, 0.3) is 0 Å². The Labute approximate surface area is 184 Å². The van der Waals surface area contributed by atoms with E-state index in [1.54, 1.807) is 23.5 Å². The van der Waals surface area contributed by atoms with Crippen LogP contribution in [0.25, 0.3) is 0 Å². The number of guanidine groups is 1. The Morgan fingerprint density at radius 1 is 1.23 bits per heavy atom. The third-order valence-electron chi connectivity index (χ3n) is 4.80. The molecular formula is C22H31N7O2. The van der Waals surface area contributed by atoms with Gasteiger partial charge in [0.15, 0.2) is 6.19 Å². The molecule has 0 radical (unpaired) electrons. The average Bonchev–Trinajstić information content (AvgIpc) is 3.27. The molecule has 31 heavy (non-hydrogen) atoms. The topological polar surface area (TPSA) is 128 Å². The molecule has 2 saturated heterocycles. The van der Waals surface area contributed by atoms with Crippen molar-refractivity contribution >= 4 is 17.8 Å². The van der Waals surface area contributed by atoms with Crippen molar-refractivity contribution in [3.63, 3.8) is 0 Å². The van der Waals surface area contributed by atoms with Gasteiger partial charge in [0, 0.05) is 38.4 Å². The molecule has 3 heterocycles. The van der Waals surface area contributed by atoms with Gasteiger partial charge in [-0.15, -0.1) is 12.8 Å². The predicted molar refractivity (Wildman–Crippen MR) is 119 cm³/mol. The number of hydrogen-bond acceptors (Lipinski definition) is 5. The number of carbonyl (C=O) groups is 2. The number of nitriles is 1. The van der Waals surface area contributed by atoms with Gasteiger partial charge in [-0.3, -0.25) is 19.9 Å². The van der Waals surface area contributed by atoms with Crippen LogP contribution in [0.1, 0.15) is 44.1 Å². The van der Waals surface area contributed by atoms with Crippen LogP contribution in [-0.2, 0) is 16.1 Å². The van der Waals surface area contributed by atoms with E-state index in [0.29, 0.717) is 19.5 Å². The Bertz CT molecular complexity index is 765. The highest BCUT2D eigenvalue weighted by molar-refractivity contribution is 5.85. The minimum atomic E-state index is 0.117. The number of amides is 2. The summed E-state index contributed by atoms with van der Waals surface area (Å²) in [7, 11) is 0. The SMILES string of the molecule is C#C.N#CNC(N)=NCc1cccnc1.O=C(CN1CCCCCC1=O)N1CCCC1. The number of terminal acetylenes is 1. The van der Waals surface area contributed by atoms with Gasteiger partial charge in [-0.1, -0.05) is 12.5 Å². The summed E-state index contributed by atoms with van der Waals surface area (Å²) in [5, 5.41) is 10.4. The number of nitrogens with two attached hydrogens (primary N) is 1. The molecule has 2 amide bonds. The maximum atomic E-state index is 11.9. The van der Waals surface area contributed by atoms with E-state index >= 15 is 0 Å². The van der Waals surface area contributed by atoms with Crippen LogP contribution in [-0.4, -0.2) is 58.7 Å². The molecule has 0 aliphatic carbocycles. The zero-order valence-corrected chi connectivity index (χ0v) is 17.9. The van der Waals surface area contributed by atoms with Crippen LogP contribution >= 0.6 is 0 Å². The third-order valence-corrected chi connectivity index (χ3v) is 4.80. The number of nitrogens with zero attached hydrogens (tertiary/aromatic N) is 5. The van der Waals surface area contributed by atoms with E-state index < -0.39 is 0 Å². The van der Waals surface area contributed by atoms with Crippen molar-refractivity contribution in [1.82, 2.24) is 20.1 Å². The molecule has 3 rings (SSSR count). The Hall–Kier alpha value is -3.59. The van der Waals surface area contributed by atoms with Crippen molar-refractivity contribution in [2.75, 3.05) is 26.2 Å². The molecule has 0 saturated carbocycles. The Balaban J connectivity index is 0.000000293. The van der Waals surface area contributed by atoms with Crippen LogP contribution < -0.4 is 11.1 Å². The summed E-state index contributed by atoms with van der Waals surface area (Å²) in [5.74, 6) is 0.407. The summed E-state index contributed by atoms with van der Waals surface area (Å²) in [4.78, 5) is 35.1. The van der Waals surface area contributed by atoms with Crippen molar-refractivity contribution in [2.45, 2.75) is 45.1 Å². The highest BCUT2D eigenvalue weighted by Crippen LogP contribution is 2.13. The number of likely N-dealkylation sites (tertiary alicyclic amines) is 2. The highest BCUT2D eigenvalue weighted by Gasteiger charge is 2.23. The number of rotatable bonds is 4. The second kappa shape index (κ2) is 15.3. The van der Waals surface area contributed by atoms with Gasteiger partial charge in [-0.2, -0.15) is 5.26 Å². The van der Waals surface area contributed by atoms with Gasteiger partial charge in [-0.25, -0.2) is 4.99 Å². The fourth-order valence-corrected chi connectivity index (χ4v) is 3.20. The van der Waals surface area contributed by atoms with E-state index in [9.17, 15) is 9.59 Å². The number of aromatic nitrogens is 1. The smallest absolute Gasteiger partial charge is 0.242 e. The van der Waals surface area contributed by atoms with E-state index in [0.717, 1.165) is 57.3 Å². The van der Waals surface area contributed by atoms with Gasteiger partial charge in [0.2, 0.25) is 17.8 Å². The molecule has 0 atom stereocenters. The molecule has 2 aliphatic rings. The van der Waals surface area contributed by atoms with E-state index in [1.165, 1.54) is 0 Å². The van der Waals surface area contributed by atoms with Gasteiger partial charge in [0.05, 0.1) is 13.1 Å². The minimum absolute atomic E-state index is 0.117. The largest absolute Gasteiger partial charge is 0.369 e. The van der Waals surface area contributed by atoms with Crippen molar-refractivity contribution in [3.05, 3.63) is 30.1 Å². The first kappa shape index (κ1) is 25.4. The number of nitrogens with one attached hydrogen (secondary N) is 1. The van der Waals surface area contributed by atoms with Crippen LogP contribution in [0.4, 0.5) is 0 Å². The average molecular weight is 426 g/mol. The number of pyridine rings is 1. The molecule has 1 aromatic heterocycles. The van der Waals surface area contributed by atoms with E-state index in [2.05, 4.69) is 28.1 Å². The lowest BCUT2D eigenvalue weighted by Crippen LogP contribution is -2.41. The van der Waals surface area contributed by atoms with Crippen LogP contribution in [0.3, 0.4) is 0 Å². The fourth-order valence-electron chi connectivity index (χ4n) is 3.20. The molecule has 2 aliphatic heterocycles. The first-order chi connectivity index (χ1) is 15.1. The molecule has 0 unspecified atom stereocenters. The van der Waals surface area contributed by atoms with Gasteiger partial charge < -0.3 is 15.5 Å². The molecule has 9 nitrogen and oxygen atoms in total. The maximum absolute atomic E-state index is 11.9. The second-order valence-corrected chi connectivity index (χ2v) is 7.01. The fraction of sp³-hybridized carbons (Fsp3) is 0.500. The summed E-state index contributed by atoms with van der Waals surface area (Å²) in [6, 6.07) is 3.70. The maximum Gasteiger partial charge on any atom is 0.242 e. The Morgan fingerprint density at radius 2 is 1.94 bits per heavy atom. The summed E-state index contributed by atoms with van der Waals surface area (Å²) in [6.45, 7) is 3.24. The number of hydrogen-bond donors (Lipinski definition) is 2. The summed E-state index contributed by atoms with van der Waals surface area (Å²) in [6.07, 6.45) is 19.0. The first-order valence-corrected chi connectivity index (χ1v) is 10.3. The van der Waals surface area contributed by atoms with Crippen molar-refractivity contribution < 1.29 is 9.59 Å². The van der Waals surface area contributed by atoms with E-state index in [1.807, 2.05) is 17.0 Å². The van der Waals surface area contributed by atoms with Gasteiger partial charge in [-0.05, 0) is 37.3 Å². The second-order valence-electron chi connectivity index (χ2n) is 7.01. The van der Waals surface area contributed by atoms with Gasteiger partial charge in [0.1, 0.15) is 0 Å². The normalized spacial score (nSPS) is 16.0. The molecule has 0 aromatic carbocycles. The highest BCUT2D eigenvalue weighted by atomic mass is 16.2. The molecule has 2 fully saturated rings. The summed E-state index contributed by atoms with van der Waals surface area (Å²) in [5.41, 5.74) is 6.28. The standard InChI is InChI=1S/C12H20N2O2.C8H9N5.C2H2/c15-11-6-2-1-3-9-14(11)10-12(16)13-7-4-5-8-13;9-6-13-8(10)12-5-7-2-1-3-11-4-7;1-2/h1-10H2;1-4H,5H2,(H3,10,12,13);1-2H. The zero-order chi connectivity index (χ0) is 22.9. The molecule has 0 spiro atoms. The van der Waals surface area contributed by atoms with Crippen LogP contribution in [0, 0.1) is 24.3 Å². The lowest BCUT2D eigenvalue weighted by Gasteiger charge is -2.23. The molecular weight excluding hydrogens is 394 g/mol. The number of aliphatic imine (C=N–C) groups is 1. The molecule has 9 heteroatoms. The lowest BCUT2D eigenvalue weighted by atomic mass is 10.2. The van der Waals surface area contributed by atoms with Crippen molar-refractivity contribution in [1.29, 1.82) is 5.26 Å². The quantitative estimate of drug-likeness (QED) is 0.245. The first-order valence-electron chi connectivity index (χ1n) is 10.3. The lowest BCUT2D eigenvalue weighted by molar-refractivity contribution is -0.139. The van der Waals surface area contributed by atoms with Crippen LogP contribution in [0.5, 0.6) is 0 Å².